The van der Waals surface area contributed by atoms with Gasteiger partial charge >= 0.3 is 0 Å². The molecule has 0 radical (unpaired) electrons. The Kier molecular flexibility index (Phi) is 4.48. The van der Waals surface area contributed by atoms with Crippen LogP contribution in [0.3, 0.4) is 0 Å². The van der Waals surface area contributed by atoms with Gasteiger partial charge in [-0.2, -0.15) is 0 Å². The van der Waals surface area contributed by atoms with Crippen molar-refractivity contribution in [2.45, 2.75) is 50.9 Å². The predicted molar refractivity (Wildman–Crippen MR) is 91.7 cm³/mol. The van der Waals surface area contributed by atoms with E-state index in [0.717, 1.165) is 6.42 Å². The maximum Gasteiger partial charge on any atom is 0.193 e. The Hall–Kier alpha value is -0.903. The number of hydrogen-bond donors (Lipinski definition) is 1. The number of aliphatic hydroxyl groups excluding tert-OH is 1. The Morgan fingerprint density at radius 3 is 2.38 bits per heavy atom. The van der Waals surface area contributed by atoms with Gasteiger partial charge in [-0.3, -0.25) is 0 Å². The Labute approximate surface area is 130 Å². The third kappa shape index (κ3) is 3.65. The van der Waals surface area contributed by atoms with E-state index in [9.17, 15) is 5.11 Å². The van der Waals surface area contributed by atoms with Crippen molar-refractivity contribution in [1.82, 2.24) is 0 Å². The first kappa shape index (κ1) is 16.5. The number of hydrogen-bond acceptors (Lipinski definition) is 2. The first-order chi connectivity index (χ1) is 9.70. The van der Waals surface area contributed by atoms with Crippen LogP contribution in [0.4, 0.5) is 0 Å². The van der Waals surface area contributed by atoms with E-state index >= 15 is 0 Å². The van der Waals surface area contributed by atoms with E-state index in [-0.39, 0.29) is 23.2 Å². The van der Waals surface area contributed by atoms with Crippen molar-refractivity contribution in [1.29, 1.82) is 0 Å². The van der Waals surface area contributed by atoms with E-state index in [1.54, 1.807) is 0 Å². The molecule has 3 heteroatoms. The fraction of sp³-hybridized carbons (Fsp3) is 0.556. The second-order valence-corrected chi connectivity index (χ2v) is 12.4. The highest BCUT2D eigenvalue weighted by Crippen LogP contribution is 2.53. The molecule has 1 saturated carbocycles. The highest BCUT2D eigenvalue weighted by molar-refractivity contribution is 6.74. The molecule has 21 heavy (non-hydrogen) atoms. The summed E-state index contributed by atoms with van der Waals surface area (Å²) in [5.41, 5.74) is 0.924. The second-order valence-electron chi connectivity index (χ2n) is 7.64. The van der Waals surface area contributed by atoms with Crippen molar-refractivity contribution < 1.29 is 9.53 Å². The van der Waals surface area contributed by atoms with Crippen LogP contribution in [0.5, 0.6) is 0 Å². The molecule has 1 aliphatic rings. The van der Waals surface area contributed by atoms with Gasteiger partial charge < -0.3 is 9.53 Å². The van der Waals surface area contributed by atoms with Gasteiger partial charge in [0, 0.05) is 12.5 Å². The minimum Gasteiger partial charge on any atom is -0.408 e. The molecule has 0 amide bonds. The Bertz CT molecular complexity index is 502. The largest absolute Gasteiger partial charge is 0.408 e. The molecule has 0 aliphatic heterocycles. The summed E-state index contributed by atoms with van der Waals surface area (Å²) in [6.07, 6.45) is 5.23. The molecule has 0 heterocycles. The molecular formula is C18H28O2Si. The third-order valence-corrected chi connectivity index (χ3v) is 9.43. The molecule has 1 aromatic rings. The number of rotatable bonds is 5. The summed E-state index contributed by atoms with van der Waals surface area (Å²) >= 11 is 0. The highest BCUT2D eigenvalue weighted by Gasteiger charge is 2.57. The van der Waals surface area contributed by atoms with Gasteiger partial charge in [0.15, 0.2) is 8.32 Å². The summed E-state index contributed by atoms with van der Waals surface area (Å²) in [5, 5.41) is 9.72. The van der Waals surface area contributed by atoms with Crippen molar-refractivity contribution >= 4 is 14.4 Å². The molecule has 1 aromatic carbocycles. The van der Waals surface area contributed by atoms with Gasteiger partial charge in [0.1, 0.15) is 0 Å². The van der Waals surface area contributed by atoms with Crippen LogP contribution in [-0.4, -0.2) is 25.6 Å². The molecule has 0 spiro atoms. The molecule has 2 nitrogen and oxygen atoms in total. The molecule has 0 saturated heterocycles. The molecule has 2 atom stereocenters. The molecule has 0 aromatic heterocycles. The average Bonchev–Trinajstić information content (AvgIpc) is 3.09. The molecule has 2 rings (SSSR count). The summed E-state index contributed by atoms with van der Waals surface area (Å²) < 4.78 is 6.62. The first-order valence-electron chi connectivity index (χ1n) is 7.75. The van der Waals surface area contributed by atoms with E-state index in [1.165, 1.54) is 5.56 Å². The fourth-order valence-electron chi connectivity index (χ4n) is 2.34. The normalized spacial score (nSPS) is 26.3. The SMILES string of the molecule is CC(C)(C)[Si](C)(C)O[C@@]1(/C=C/c2ccccc2)C[C@@H]1CO. The minimum atomic E-state index is -1.84. The van der Waals surface area contributed by atoms with Crippen LogP contribution >= 0.6 is 0 Å². The maximum atomic E-state index is 9.54. The average molecular weight is 305 g/mol. The van der Waals surface area contributed by atoms with E-state index in [4.69, 9.17) is 4.43 Å². The Balaban J connectivity index is 2.18. The van der Waals surface area contributed by atoms with E-state index in [1.807, 2.05) is 18.2 Å². The van der Waals surface area contributed by atoms with Crippen LogP contribution in [0.25, 0.3) is 6.08 Å². The summed E-state index contributed by atoms with van der Waals surface area (Å²) in [4.78, 5) is 0. The lowest BCUT2D eigenvalue weighted by atomic mass is 10.1. The minimum absolute atomic E-state index is 0.184. The van der Waals surface area contributed by atoms with Crippen molar-refractivity contribution in [3.63, 3.8) is 0 Å². The van der Waals surface area contributed by atoms with Crippen LogP contribution in [-0.2, 0) is 4.43 Å². The maximum absolute atomic E-state index is 9.54. The lowest BCUT2D eigenvalue weighted by Gasteiger charge is -2.39. The molecule has 1 aliphatic carbocycles. The zero-order valence-corrected chi connectivity index (χ0v) is 14.9. The molecule has 0 bridgehead atoms. The van der Waals surface area contributed by atoms with Gasteiger partial charge in [-0.25, -0.2) is 0 Å². The number of aliphatic hydroxyl groups is 1. The Morgan fingerprint density at radius 1 is 1.29 bits per heavy atom. The van der Waals surface area contributed by atoms with Crippen molar-refractivity contribution in [3.8, 4) is 0 Å². The van der Waals surface area contributed by atoms with Crippen LogP contribution in [0.1, 0.15) is 32.8 Å². The molecule has 1 N–H and O–H groups in total. The quantitative estimate of drug-likeness (QED) is 0.813. The summed E-state index contributed by atoms with van der Waals surface area (Å²) in [6.45, 7) is 11.5. The van der Waals surface area contributed by atoms with Crippen molar-refractivity contribution in [2.75, 3.05) is 6.61 Å². The van der Waals surface area contributed by atoms with Gasteiger partial charge in [-0.05, 0) is 30.1 Å². The predicted octanol–water partition coefficient (Wildman–Crippen LogP) is 4.47. The molecule has 1 fully saturated rings. The van der Waals surface area contributed by atoms with Crippen molar-refractivity contribution in [2.24, 2.45) is 5.92 Å². The topological polar surface area (TPSA) is 29.5 Å². The van der Waals surface area contributed by atoms with Crippen LogP contribution in [0.2, 0.25) is 18.1 Å². The fourth-order valence-corrected chi connectivity index (χ4v) is 3.91. The van der Waals surface area contributed by atoms with E-state index < -0.39 is 8.32 Å². The number of benzene rings is 1. The lowest BCUT2D eigenvalue weighted by molar-refractivity contribution is 0.161. The molecular weight excluding hydrogens is 276 g/mol. The summed E-state index contributed by atoms with van der Waals surface area (Å²) in [6, 6.07) is 10.3. The Morgan fingerprint density at radius 2 is 1.90 bits per heavy atom. The summed E-state index contributed by atoms with van der Waals surface area (Å²) in [5.74, 6) is 0.242. The standard InChI is InChI=1S/C18H28O2Si/c1-17(2,3)21(4,5)20-18(13-16(18)14-19)12-11-15-9-7-6-8-10-15/h6-12,16,19H,13-14H2,1-5H3/b12-11+/t16-,18+/m1/s1. The zero-order valence-electron chi connectivity index (χ0n) is 13.9. The highest BCUT2D eigenvalue weighted by atomic mass is 28.4. The van der Waals surface area contributed by atoms with Gasteiger partial charge in [-0.1, -0.05) is 63.3 Å². The smallest absolute Gasteiger partial charge is 0.193 e. The van der Waals surface area contributed by atoms with Gasteiger partial charge in [-0.15, -0.1) is 0 Å². The third-order valence-electron chi connectivity index (χ3n) is 4.93. The molecule has 116 valence electrons. The molecule has 0 unspecified atom stereocenters. The van der Waals surface area contributed by atoms with E-state index in [2.05, 4.69) is 58.2 Å². The van der Waals surface area contributed by atoms with Crippen LogP contribution in [0.15, 0.2) is 36.4 Å². The monoisotopic (exact) mass is 304 g/mol. The van der Waals surface area contributed by atoms with Gasteiger partial charge in [0.05, 0.1) is 5.60 Å². The first-order valence-corrected chi connectivity index (χ1v) is 10.7. The van der Waals surface area contributed by atoms with Crippen LogP contribution < -0.4 is 0 Å². The van der Waals surface area contributed by atoms with Gasteiger partial charge in [0.25, 0.3) is 0 Å². The summed E-state index contributed by atoms with van der Waals surface area (Å²) in [7, 11) is -1.84. The van der Waals surface area contributed by atoms with Crippen LogP contribution in [0, 0.1) is 5.92 Å². The van der Waals surface area contributed by atoms with E-state index in [0.29, 0.717) is 0 Å². The second kappa shape index (κ2) is 5.71. The van der Waals surface area contributed by atoms with Gasteiger partial charge in [0.2, 0.25) is 0 Å². The van der Waals surface area contributed by atoms with Crippen molar-refractivity contribution in [3.05, 3.63) is 42.0 Å². The zero-order chi connectivity index (χ0) is 15.7. The lowest BCUT2D eigenvalue weighted by Crippen LogP contribution is -2.45.